The molecule has 0 atom stereocenters. The summed E-state index contributed by atoms with van der Waals surface area (Å²) in [6.07, 6.45) is -4.39. The number of hydrogen-bond acceptors (Lipinski definition) is 1. The summed E-state index contributed by atoms with van der Waals surface area (Å²) in [7, 11) is 0. The van der Waals surface area contributed by atoms with Gasteiger partial charge in [-0.05, 0) is 24.3 Å². The zero-order valence-corrected chi connectivity index (χ0v) is 11.3. The zero-order chi connectivity index (χ0) is 13.9. The Labute approximate surface area is 117 Å². The van der Waals surface area contributed by atoms with Crippen molar-refractivity contribution < 1.29 is 17.9 Å². The molecule has 0 aromatic heterocycles. The van der Waals surface area contributed by atoms with Gasteiger partial charge in [-0.25, -0.2) is 0 Å². The maximum absolute atomic E-state index is 12.9. The van der Waals surface area contributed by atoms with Crippen molar-refractivity contribution in [3.63, 3.8) is 0 Å². The third kappa shape index (κ3) is 3.73. The Morgan fingerprint density at radius 1 is 1.00 bits per heavy atom. The maximum Gasteiger partial charge on any atom is 0.416 e. The van der Waals surface area contributed by atoms with E-state index in [9.17, 15) is 13.2 Å². The molecule has 0 fully saturated rings. The highest BCUT2D eigenvalue weighted by Gasteiger charge is 2.33. The van der Waals surface area contributed by atoms with Crippen LogP contribution in [-0.2, 0) is 12.8 Å². The van der Waals surface area contributed by atoms with E-state index in [1.165, 1.54) is 6.07 Å². The van der Waals surface area contributed by atoms with E-state index in [-0.39, 0.29) is 12.2 Å². The van der Waals surface area contributed by atoms with E-state index in [2.05, 4.69) is 15.9 Å². The average molecular weight is 331 g/mol. The van der Waals surface area contributed by atoms with Crippen LogP contribution in [0.15, 0.2) is 53.0 Å². The van der Waals surface area contributed by atoms with Crippen LogP contribution >= 0.6 is 15.9 Å². The molecule has 100 valence electrons. The molecule has 2 aromatic rings. The average Bonchev–Trinajstić information content (AvgIpc) is 2.37. The monoisotopic (exact) mass is 330 g/mol. The fourth-order valence-corrected chi connectivity index (χ4v) is 1.98. The molecule has 0 bridgehead atoms. The predicted molar refractivity (Wildman–Crippen MR) is 69.9 cm³/mol. The quantitative estimate of drug-likeness (QED) is 0.765. The van der Waals surface area contributed by atoms with Crippen molar-refractivity contribution in [2.45, 2.75) is 12.8 Å². The first kappa shape index (κ1) is 13.9. The lowest BCUT2D eigenvalue weighted by Gasteiger charge is -2.14. The molecule has 0 amide bonds. The zero-order valence-electron chi connectivity index (χ0n) is 9.75. The van der Waals surface area contributed by atoms with Crippen molar-refractivity contribution in [3.8, 4) is 5.75 Å². The van der Waals surface area contributed by atoms with E-state index in [0.717, 1.165) is 6.07 Å². The van der Waals surface area contributed by atoms with Gasteiger partial charge in [-0.15, -0.1) is 0 Å². The van der Waals surface area contributed by atoms with Crippen LogP contribution < -0.4 is 4.74 Å². The summed E-state index contributed by atoms with van der Waals surface area (Å²) in [4.78, 5) is 0. The molecule has 0 N–H and O–H groups in total. The number of hydrogen-bond donors (Lipinski definition) is 0. The first-order valence-electron chi connectivity index (χ1n) is 5.50. The van der Waals surface area contributed by atoms with Crippen molar-refractivity contribution in [2.75, 3.05) is 0 Å². The van der Waals surface area contributed by atoms with Gasteiger partial charge in [-0.2, -0.15) is 13.2 Å². The largest absolute Gasteiger partial charge is 0.489 e. The Morgan fingerprint density at radius 3 is 2.32 bits per heavy atom. The third-order valence-electron chi connectivity index (χ3n) is 2.51. The minimum atomic E-state index is -4.39. The third-order valence-corrected chi connectivity index (χ3v) is 3.01. The second kappa shape index (κ2) is 5.65. The molecule has 0 saturated heterocycles. The van der Waals surface area contributed by atoms with Crippen molar-refractivity contribution in [1.29, 1.82) is 0 Å². The molecule has 0 saturated carbocycles. The standard InChI is InChI=1S/C14H10BrF3O/c15-11-7-6-10(13(8-11)14(16,17)18)9-19-12-4-2-1-3-5-12/h1-8H,9H2. The second-order valence-corrected chi connectivity index (χ2v) is 4.82. The van der Waals surface area contributed by atoms with Crippen LogP contribution in [0.1, 0.15) is 11.1 Å². The minimum absolute atomic E-state index is 0.111. The molecule has 2 rings (SSSR count). The first-order valence-corrected chi connectivity index (χ1v) is 6.29. The van der Waals surface area contributed by atoms with Crippen LogP contribution in [0.4, 0.5) is 13.2 Å². The molecule has 0 aliphatic carbocycles. The van der Waals surface area contributed by atoms with Gasteiger partial charge in [0.05, 0.1) is 5.56 Å². The van der Waals surface area contributed by atoms with Gasteiger partial charge in [0.15, 0.2) is 0 Å². The Hall–Kier alpha value is -1.49. The van der Waals surface area contributed by atoms with Crippen molar-refractivity contribution in [2.24, 2.45) is 0 Å². The van der Waals surface area contributed by atoms with Gasteiger partial charge in [-0.1, -0.05) is 40.2 Å². The fraction of sp³-hybridized carbons (Fsp3) is 0.143. The van der Waals surface area contributed by atoms with Gasteiger partial charge in [0, 0.05) is 10.0 Å². The second-order valence-electron chi connectivity index (χ2n) is 3.90. The van der Waals surface area contributed by atoms with Gasteiger partial charge in [-0.3, -0.25) is 0 Å². The smallest absolute Gasteiger partial charge is 0.416 e. The lowest BCUT2D eigenvalue weighted by atomic mass is 10.1. The van der Waals surface area contributed by atoms with Crippen LogP contribution in [-0.4, -0.2) is 0 Å². The molecule has 5 heteroatoms. The van der Waals surface area contributed by atoms with Gasteiger partial charge < -0.3 is 4.74 Å². The summed E-state index contributed by atoms with van der Waals surface area (Å²) in [5, 5.41) is 0. The van der Waals surface area contributed by atoms with E-state index >= 15 is 0 Å². The van der Waals surface area contributed by atoms with E-state index < -0.39 is 11.7 Å². The van der Waals surface area contributed by atoms with Gasteiger partial charge in [0.25, 0.3) is 0 Å². The summed E-state index contributed by atoms with van der Waals surface area (Å²) in [6, 6.07) is 12.8. The van der Waals surface area contributed by atoms with Crippen LogP contribution in [0, 0.1) is 0 Å². The summed E-state index contributed by atoms with van der Waals surface area (Å²) in [6.45, 7) is -0.119. The van der Waals surface area contributed by atoms with Crippen LogP contribution in [0.5, 0.6) is 5.75 Å². The van der Waals surface area contributed by atoms with Crippen molar-refractivity contribution >= 4 is 15.9 Å². The SMILES string of the molecule is FC(F)(F)c1cc(Br)ccc1COc1ccccc1. The molecular formula is C14H10BrF3O. The van der Waals surface area contributed by atoms with Gasteiger partial charge >= 0.3 is 6.18 Å². The fourth-order valence-electron chi connectivity index (χ4n) is 1.62. The maximum atomic E-state index is 12.9. The normalized spacial score (nSPS) is 11.4. The van der Waals surface area contributed by atoms with E-state index in [0.29, 0.717) is 10.2 Å². The minimum Gasteiger partial charge on any atom is -0.489 e. The number of halogens is 4. The highest BCUT2D eigenvalue weighted by atomic mass is 79.9. The summed E-state index contributed by atoms with van der Waals surface area (Å²) < 4.78 is 44.4. The molecule has 0 spiro atoms. The molecular weight excluding hydrogens is 321 g/mol. The molecule has 0 aliphatic heterocycles. The van der Waals surface area contributed by atoms with Crippen molar-refractivity contribution in [3.05, 3.63) is 64.1 Å². The lowest BCUT2D eigenvalue weighted by molar-refractivity contribution is -0.138. The summed E-state index contributed by atoms with van der Waals surface area (Å²) >= 11 is 3.04. The van der Waals surface area contributed by atoms with E-state index in [1.54, 1.807) is 30.3 Å². The molecule has 0 heterocycles. The molecule has 0 aliphatic rings. The van der Waals surface area contributed by atoms with E-state index in [1.807, 2.05) is 6.07 Å². The van der Waals surface area contributed by atoms with Crippen molar-refractivity contribution in [1.82, 2.24) is 0 Å². The molecule has 2 aromatic carbocycles. The van der Waals surface area contributed by atoms with Gasteiger partial charge in [0.1, 0.15) is 12.4 Å². The topological polar surface area (TPSA) is 9.23 Å². The van der Waals surface area contributed by atoms with Crippen LogP contribution in [0.2, 0.25) is 0 Å². The molecule has 1 nitrogen and oxygen atoms in total. The highest BCUT2D eigenvalue weighted by molar-refractivity contribution is 9.10. The van der Waals surface area contributed by atoms with Gasteiger partial charge in [0.2, 0.25) is 0 Å². The number of benzene rings is 2. The Bertz CT molecular complexity index is 552. The Balaban J connectivity index is 2.21. The molecule has 0 unspecified atom stereocenters. The summed E-state index contributed by atoms with van der Waals surface area (Å²) in [5.41, 5.74) is -0.572. The predicted octanol–water partition coefficient (Wildman–Crippen LogP) is 5.05. The Kier molecular flexibility index (Phi) is 4.14. The number of rotatable bonds is 3. The van der Waals surface area contributed by atoms with Crippen LogP contribution in [0.3, 0.4) is 0 Å². The summed E-state index contributed by atoms with van der Waals surface area (Å²) in [5.74, 6) is 0.540. The number of alkyl halides is 3. The van der Waals surface area contributed by atoms with E-state index in [4.69, 9.17) is 4.74 Å². The lowest BCUT2D eigenvalue weighted by Crippen LogP contribution is -2.11. The molecule has 19 heavy (non-hydrogen) atoms. The number of ether oxygens (including phenoxy) is 1. The first-order chi connectivity index (χ1) is 8.97. The molecule has 0 radical (unpaired) electrons. The Morgan fingerprint density at radius 2 is 1.68 bits per heavy atom. The highest BCUT2D eigenvalue weighted by Crippen LogP contribution is 2.34. The van der Waals surface area contributed by atoms with Crippen LogP contribution in [0.25, 0.3) is 0 Å². The number of para-hydroxylation sites is 1.